The number of aromatic hydroxyl groups is 1. The van der Waals surface area contributed by atoms with Gasteiger partial charge in [0.25, 0.3) is 0 Å². The van der Waals surface area contributed by atoms with Crippen molar-refractivity contribution in [3.05, 3.63) is 89.3 Å². The Balaban J connectivity index is 1.65. The summed E-state index contributed by atoms with van der Waals surface area (Å²) in [4.78, 5) is 8.40. The molecule has 0 atom stereocenters. The average molecular weight is 422 g/mol. The van der Waals surface area contributed by atoms with Crippen LogP contribution in [0.2, 0.25) is 5.02 Å². The molecule has 5 nitrogen and oxygen atoms in total. The van der Waals surface area contributed by atoms with Crippen LogP contribution in [0.25, 0.3) is 22.4 Å². The van der Waals surface area contributed by atoms with E-state index in [2.05, 4.69) is 9.97 Å². The highest BCUT2D eigenvalue weighted by molar-refractivity contribution is 6.30. The predicted octanol–water partition coefficient (Wildman–Crippen LogP) is 5.47. The molecule has 0 unspecified atom stereocenters. The number of rotatable bonds is 5. The summed E-state index contributed by atoms with van der Waals surface area (Å²) in [6, 6.07) is 18.4. The third kappa shape index (κ3) is 4.18. The molecular weight excluding hydrogens is 405 g/mol. The van der Waals surface area contributed by atoms with E-state index in [1.165, 1.54) is 12.1 Å². The summed E-state index contributed by atoms with van der Waals surface area (Å²) in [5.41, 5.74) is 8.67. The number of halogens is 2. The molecule has 0 saturated carbocycles. The molecule has 7 heteroatoms. The molecule has 0 fully saturated rings. The van der Waals surface area contributed by atoms with Crippen molar-refractivity contribution in [1.82, 2.24) is 9.97 Å². The van der Waals surface area contributed by atoms with Crippen molar-refractivity contribution < 1.29 is 14.2 Å². The first-order chi connectivity index (χ1) is 14.5. The Kier molecular flexibility index (Phi) is 5.50. The number of phenols is 1. The average Bonchev–Trinajstić information content (AvgIpc) is 2.74. The van der Waals surface area contributed by atoms with Gasteiger partial charge in [0.1, 0.15) is 23.9 Å². The van der Waals surface area contributed by atoms with Crippen LogP contribution >= 0.6 is 11.6 Å². The Morgan fingerprint density at radius 1 is 1.00 bits per heavy atom. The van der Waals surface area contributed by atoms with Crippen molar-refractivity contribution in [1.29, 1.82) is 0 Å². The lowest BCUT2D eigenvalue weighted by Crippen LogP contribution is -2.00. The third-order valence-corrected chi connectivity index (χ3v) is 4.79. The Morgan fingerprint density at radius 2 is 1.77 bits per heavy atom. The smallest absolute Gasteiger partial charge is 0.220 e. The maximum atomic E-state index is 13.8. The van der Waals surface area contributed by atoms with E-state index in [1.807, 2.05) is 12.1 Å². The van der Waals surface area contributed by atoms with Crippen LogP contribution in [-0.2, 0) is 6.61 Å². The third-order valence-electron chi connectivity index (χ3n) is 4.54. The van der Waals surface area contributed by atoms with E-state index in [-0.39, 0.29) is 24.1 Å². The SMILES string of the molecule is Nc1ncc(-c2ccc(Cl)cc2)c(-c2ccc(OCc3ccccc3F)cc2O)n1. The molecule has 0 aliphatic carbocycles. The van der Waals surface area contributed by atoms with Gasteiger partial charge in [-0.15, -0.1) is 0 Å². The van der Waals surface area contributed by atoms with Gasteiger partial charge >= 0.3 is 0 Å². The minimum atomic E-state index is -0.345. The molecule has 0 spiro atoms. The second kappa shape index (κ2) is 8.39. The van der Waals surface area contributed by atoms with Crippen molar-refractivity contribution in [2.24, 2.45) is 0 Å². The van der Waals surface area contributed by atoms with E-state index < -0.39 is 0 Å². The normalized spacial score (nSPS) is 10.7. The highest BCUT2D eigenvalue weighted by atomic mass is 35.5. The summed E-state index contributed by atoms with van der Waals surface area (Å²) >= 11 is 5.98. The van der Waals surface area contributed by atoms with E-state index in [9.17, 15) is 9.50 Å². The molecule has 4 aromatic rings. The van der Waals surface area contributed by atoms with E-state index in [1.54, 1.807) is 48.7 Å². The van der Waals surface area contributed by atoms with Gasteiger partial charge in [-0.05, 0) is 35.9 Å². The van der Waals surface area contributed by atoms with Crippen LogP contribution in [0.4, 0.5) is 10.3 Å². The fourth-order valence-corrected chi connectivity index (χ4v) is 3.15. The first-order valence-electron chi connectivity index (χ1n) is 9.09. The summed E-state index contributed by atoms with van der Waals surface area (Å²) < 4.78 is 19.4. The van der Waals surface area contributed by atoms with Gasteiger partial charge in [0.2, 0.25) is 5.95 Å². The standard InChI is InChI=1S/C23H17ClFN3O2/c24-16-7-5-14(6-8-16)19-12-27-23(26)28-22(19)18-10-9-17(11-21(18)29)30-13-15-3-1-2-4-20(15)25/h1-12,29H,13H2,(H2,26,27,28). The predicted molar refractivity (Wildman–Crippen MR) is 115 cm³/mol. The van der Waals surface area contributed by atoms with Gasteiger partial charge in [0.05, 0.1) is 5.69 Å². The number of nitrogens with two attached hydrogens (primary N) is 1. The Hall–Kier alpha value is -3.64. The molecule has 0 aliphatic rings. The van der Waals surface area contributed by atoms with Gasteiger partial charge in [0.15, 0.2) is 0 Å². The zero-order valence-corrected chi connectivity index (χ0v) is 16.5. The summed E-state index contributed by atoms with van der Waals surface area (Å²) in [5.74, 6) is 0.0910. The topological polar surface area (TPSA) is 81.3 Å². The second-order valence-electron chi connectivity index (χ2n) is 6.56. The molecule has 4 rings (SSSR count). The van der Waals surface area contributed by atoms with Crippen molar-refractivity contribution in [2.75, 3.05) is 5.73 Å². The van der Waals surface area contributed by atoms with Gasteiger partial charge in [0, 0.05) is 34.0 Å². The Morgan fingerprint density at radius 3 is 2.50 bits per heavy atom. The maximum Gasteiger partial charge on any atom is 0.220 e. The number of nitrogen functional groups attached to an aromatic ring is 1. The van der Waals surface area contributed by atoms with Crippen LogP contribution < -0.4 is 10.5 Å². The second-order valence-corrected chi connectivity index (χ2v) is 6.99. The Bertz CT molecular complexity index is 1200. The molecule has 3 aromatic carbocycles. The fraction of sp³-hybridized carbons (Fsp3) is 0.0435. The molecule has 0 amide bonds. The molecule has 150 valence electrons. The van der Waals surface area contributed by atoms with Crippen LogP contribution in [0.15, 0.2) is 72.9 Å². The van der Waals surface area contributed by atoms with E-state index in [0.29, 0.717) is 33.2 Å². The fourth-order valence-electron chi connectivity index (χ4n) is 3.02. The van der Waals surface area contributed by atoms with Gasteiger partial charge in [-0.1, -0.05) is 41.9 Å². The number of anilines is 1. The quantitative estimate of drug-likeness (QED) is 0.446. The molecule has 1 heterocycles. The molecule has 1 aromatic heterocycles. The first kappa shape index (κ1) is 19.7. The van der Waals surface area contributed by atoms with Crippen LogP contribution in [0.3, 0.4) is 0 Å². The lowest BCUT2D eigenvalue weighted by Gasteiger charge is -2.13. The van der Waals surface area contributed by atoms with E-state index in [4.69, 9.17) is 22.1 Å². The van der Waals surface area contributed by atoms with Crippen molar-refractivity contribution in [3.8, 4) is 33.9 Å². The zero-order chi connectivity index (χ0) is 21.1. The number of hydrogen-bond acceptors (Lipinski definition) is 5. The minimum absolute atomic E-state index is 0.0436. The minimum Gasteiger partial charge on any atom is -0.507 e. The van der Waals surface area contributed by atoms with Gasteiger partial charge in [-0.2, -0.15) is 0 Å². The monoisotopic (exact) mass is 421 g/mol. The van der Waals surface area contributed by atoms with Crippen LogP contribution in [-0.4, -0.2) is 15.1 Å². The van der Waals surface area contributed by atoms with Gasteiger partial charge in [-0.25, -0.2) is 14.4 Å². The summed E-state index contributed by atoms with van der Waals surface area (Å²) in [6.45, 7) is 0.0436. The first-order valence-corrected chi connectivity index (χ1v) is 9.47. The summed E-state index contributed by atoms with van der Waals surface area (Å²) in [6.07, 6.45) is 1.60. The lowest BCUT2D eigenvalue weighted by atomic mass is 10.00. The molecule has 30 heavy (non-hydrogen) atoms. The maximum absolute atomic E-state index is 13.8. The summed E-state index contributed by atoms with van der Waals surface area (Å²) in [7, 11) is 0. The number of ether oxygens (including phenoxy) is 1. The number of hydrogen-bond donors (Lipinski definition) is 2. The molecule has 0 radical (unpaired) electrons. The lowest BCUT2D eigenvalue weighted by molar-refractivity contribution is 0.298. The molecule has 3 N–H and O–H groups in total. The largest absolute Gasteiger partial charge is 0.507 e. The zero-order valence-electron chi connectivity index (χ0n) is 15.7. The van der Waals surface area contributed by atoms with Crippen LogP contribution in [0.5, 0.6) is 11.5 Å². The van der Waals surface area contributed by atoms with Crippen molar-refractivity contribution >= 4 is 17.5 Å². The highest BCUT2D eigenvalue weighted by Crippen LogP contribution is 2.37. The number of nitrogens with zero attached hydrogens (tertiary/aromatic N) is 2. The Labute approximate surface area is 177 Å². The van der Waals surface area contributed by atoms with Crippen molar-refractivity contribution in [2.45, 2.75) is 6.61 Å². The van der Waals surface area contributed by atoms with Crippen LogP contribution in [0.1, 0.15) is 5.56 Å². The van der Waals surface area contributed by atoms with Crippen LogP contribution in [0, 0.1) is 5.82 Å². The summed E-state index contributed by atoms with van der Waals surface area (Å²) in [5, 5.41) is 11.2. The number of benzene rings is 3. The number of aromatic nitrogens is 2. The number of phenolic OH excluding ortho intramolecular Hbond substituents is 1. The van der Waals surface area contributed by atoms with E-state index >= 15 is 0 Å². The molecule has 0 bridgehead atoms. The molecule has 0 aliphatic heterocycles. The highest BCUT2D eigenvalue weighted by Gasteiger charge is 2.15. The molecule has 0 saturated heterocycles. The van der Waals surface area contributed by atoms with Gasteiger partial charge in [-0.3, -0.25) is 0 Å². The van der Waals surface area contributed by atoms with E-state index in [0.717, 1.165) is 5.56 Å². The van der Waals surface area contributed by atoms with Crippen molar-refractivity contribution in [3.63, 3.8) is 0 Å². The molecular formula is C23H17ClFN3O2. The van der Waals surface area contributed by atoms with Gasteiger partial charge < -0.3 is 15.6 Å².